The Balaban J connectivity index is 2.55. The lowest BCUT2D eigenvalue weighted by Crippen LogP contribution is -2.20. The number of methoxy groups -OCH3 is 1. The Morgan fingerprint density at radius 1 is 1.22 bits per heavy atom. The molecule has 0 amide bonds. The molecule has 0 spiro atoms. The van der Waals surface area contributed by atoms with E-state index in [0.29, 0.717) is 0 Å². The fraction of sp³-hybridized carbons (Fsp3) is 0.562. The molecule has 1 unspecified atom stereocenters. The minimum absolute atomic E-state index is 0.0950. The van der Waals surface area contributed by atoms with Gasteiger partial charge in [-0.1, -0.05) is 19.3 Å². The van der Waals surface area contributed by atoms with Crippen LogP contribution in [0.3, 0.4) is 0 Å². The van der Waals surface area contributed by atoms with Crippen molar-refractivity contribution < 1.29 is 26.9 Å². The molecule has 0 heterocycles. The Morgan fingerprint density at radius 3 is 2.30 bits per heavy atom. The molecule has 128 valence electrons. The van der Waals surface area contributed by atoms with Crippen molar-refractivity contribution in [3.8, 4) is 5.75 Å². The van der Waals surface area contributed by atoms with Gasteiger partial charge < -0.3 is 4.74 Å². The third-order valence-corrected chi connectivity index (χ3v) is 5.13. The molecule has 1 aliphatic rings. The van der Waals surface area contributed by atoms with Gasteiger partial charge in [0.1, 0.15) is 5.75 Å². The van der Waals surface area contributed by atoms with Crippen LogP contribution in [-0.4, -0.2) is 23.4 Å². The number of Topliss-reactive ketones (excluding diaryl/α,β-unsaturated/α-hetero) is 1. The molecule has 23 heavy (non-hydrogen) atoms. The topological polar surface area (TPSA) is 43.4 Å². The van der Waals surface area contributed by atoms with Crippen molar-refractivity contribution in [3.05, 3.63) is 23.3 Å². The molecular formula is C16H19F3O3S. The van der Waals surface area contributed by atoms with Crippen molar-refractivity contribution in [1.82, 2.24) is 0 Å². The molecule has 0 radical (unpaired) electrons. The number of benzene rings is 1. The predicted molar refractivity (Wildman–Crippen MR) is 81.2 cm³/mol. The van der Waals surface area contributed by atoms with Gasteiger partial charge in [-0.2, -0.15) is 13.2 Å². The van der Waals surface area contributed by atoms with Gasteiger partial charge in [-0.15, -0.1) is 0 Å². The second-order valence-corrected chi connectivity index (χ2v) is 6.99. The van der Waals surface area contributed by atoms with Gasteiger partial charge in [0.25, 0.3) is 0 Å². The highest BCUT2D eigenvalue weighted by Gasteiger charge is 2.38. The van der Waals surface area contributed by atoms with E-state index in [2.05, 4.69) is 0 Å². The smallest absolute Gasteiger partial charge is 0.417 e. The zero-order valence-electron chi connectivity index (χ0n) is 13.0. The Hall–Kier alpha value is -1.37. The molecule has 1 fully saturated rings. The van der Waals surface area contributed by atoms with Crippen LogP contribution in [0, 0.1) is 5.92 Å². The highest BCUT2D eigenvalue weighted by Crippen LogP contribution is 2.41. The number of ether oxygens (including phenoxy) is 1. The van der Waals surface area contributed by atoms with E-state index < -0.39 is 27.4 Å². The highest BCUT2D eigenvalue weighted by atomic mass is 32.2. The normalized spacial score (nSPS) is 17.8. The molecule has 1 aliphatic carbocycles. The number of rotatable bonds is 4. The van der Waals surface area contributed by atoms with Crippen molar-refractivity contribution in [2.45, 2.75) is 43.2 Å². The number of hydrogen-bond donors (Lipinski definition) is 0. The van der Waals surface area contributed by atoms with E-state index >= 15 is 0 Å². The summed E-state index contributed by atoms with van der Waals surface area (Å²) >= 11 is 0. The minimum atomic E-state index is -4.65. The third-order valence-electron chi connectivity index (χ3n) is 4.15. The molecule has 0 aromatic heterocycles. The maximum absolute atomic E-state index is 13.1. The first kappa shape index (κ1) is 18.0. The molecule has 1 atom stereocenters. The monoisotopic (exact) mass is 348 g/mol. The summed E-state index contributed by atoms with van der Waals surface area (Å²) < 4.78 is 56.3. The molecule has 0 bridgehead atoms. The van der Waals surface area contributed by atoms with Gasteiger partial charge in [0, 0.05) is 12.2 Å². The van der Waals surface area contributed by atoms with Crippen LogP contribution in [0.15, 0.2) is 17.0 Å². The number of alkyl halides is 3. The van der Waals surface area contributed by atoms with E-state index in [1.54, 1.807) is 0 Å². The maximum atomic E-state index is 13.1. The van der Waals surface area contributed by atoms with Crippen LogP contribution in [0.1, 0.15) is 48.0 Å². The van der Waals surface area contributed by atoms with Gasteiger partial charge in [0.15, 0.2) is 5.78 Å². The predicted octanol–water partition coefficient (Wildman–Crippen LogP) is 4.21. The lowest BCUT2D eigenvalue weighted by atomic mass is 9.83. The third kappa shape index (κ3) is 3.76. The van der Waals surface area contributed by atoms with E-state index in [4.69, 9.17) is 4.74 Å². The fourth-order valence-corrected chi connectivity index (χ4v) is 4.00. The molecule has 1 aromatic carbocycles. The lowest BCUT2D eigenvalue weighted by molar-refractivity contribution is -0.140. The van der Waals surface area contributed by atoms with E-state index in [-0.39, 0.29) is 23.0 Å². The molecule has 3 nitrogen and oxygen atoms in total. The molecular weight excluding hydrogens is 329 g/mol. The van der Waals surface area contributed by atoms with Crippen molar-refractivity contribution >= 4 is 16.6 Å². The van der Waals surface area contributed by atoms with Crippen LogP contribution in [-0.2, 0) is 17.0 Å². The number of carbonyl (C=O) groups is 1. The first-order chi connectivity index (χ1) is 10.8. The van der Waals surface area contributed by atoms with Crippen LogP contribution in [0.25, 0.3) is 0 Å². The number of carbonyl (C=O) groups excluding carboxylic acids is 1. The Bertz CT molecular complexity index is 620. The first-order valence-corrected chi connectivity index (χ1v) is 8.99. The lowest BCUT2D eigenvalue weighted by Gasteiger charge is -2.23. The van der Waals surface area contributed by atoms with Crippen molar-refractivity contribution in [2.24, 2.45) is 5.92 Å². The maximum Gasteiger partial charge on any atom is 0.417 e. The fourth-order valence-electron chi connectivity index (χ4n) is 3.05. The van der Waals surface area contributed by atoms with E-state index in [0.717, 1.165) is 50.5 Å². The van der Waals surface area contributed by atoms with Gasteiger partial charge in [0.2, 0.25) is 0 Å². The zero-order chi connectivity index (χ0) is 17.2. The zero-order valence-corrected chi connectivity index (χ0v) is 13.9. The standard InChI is InChI=1S/C16H19F3O3S/c1-22-14-11(13(20)10-6-4-3-5-7-10)8-9-12(16(17,18)19)15(14)23(2)21/h8-10H,3-7H2,1-2H3. The van der Waals surface area contributed by atoms with Crippen molar-refractivity contribution in [1.29, 1.82) is 0 Å². The Labute approximate surface area is 135 Å². The number of halogens is 3. The largest absolute Gasteiger partial charge is 0.495 e. The minimum Gasteiger partial charge on any atom is -0.495 e. The Kier molecular flexibility index (Phi) is 5.49. The summed E-state index contributed by atoms with van der Waals surface area (Å²) in [6.07, 6.45) is 0.903. The van der Waals surface area contributed by atoms with Crippen molar-refractivity contribution in [3.63, 3.8) is 0 Å². The summed E-state index contributed by atoms with van der Waals surface area (Å²) in [6.45, 7) is 0. The van der Waals surface area contributed by atoms with Gasteiger partial charge in [-0.3, -0.25) is 9.00 Å². The van der Waals surface area contributed by atoms with Crippen LogP contribution in [0.4, 0.5) is 13.2 Å². The summed E-state index contributed by atoms with van der Waals surface area (Å²) in [7, 11) is -0.729. The van der Waals surface area contributed by atoms with Gasteiger partial charge >= 0.3 is 6.18 Å². The number of ketones is 1. The molecule has 0 N–H and O–H groups in total. The SMILES string of the molecule is COc1c(C(=O)C2CCCCC2)ccc(C(F)(F)F)c1S(C)=O. The average molecular weight is 348 g/mol. The summed E-state index contributed by atoms with van der Waals surface area (Å²) in [5.74, 6) is -0.634. The average Bonchev–Trinajstić information content (AvgIpc) is 2.52. The van der Waals surface area contributed by atoms with Crippen LogP contribution in [0.2, 0.25) is 0 Å². The van der Waals surface area contributed by atoms with Gasteiger partial charge in [-0.25, -0.2) is 0 Å². The van der Waals surface area contributed by atoms with Gasteiger partial charge in [0.05, 0.1) is 33.9 Å². The van der Waals surface area contributed by atoms with Crippen LogP contribution in [0.5, 0.6) is 5.75 Å². The summed E-state index contributed by atoms with van der Waals surface area (Å²) in [5.41, 5.74) is -0.923. The summed E-state index contributed by atoms with van der Waals surface area (Å²) in [5, 5.41) is 0. The second kappa shape index (κ2) is 7.03. The van der Waals surface area contributed by atoms with E-state index in [9.17, 15) is 22.2 Å². The van der Waals surface area contributed by atoms with Crippen LogP contribution >= 0.6 is 0 Å². The summed E-state index contributed by atoms with van der Waals surface area (Å²) in [6, 6.07) is 1.98. The molecule has 2 rings (SSSR count). The quantitative estimate of drug-likeness (QED) is 0.766. The summed E-state index contributed by atoms with van der Waals surface area (Å²) in [4.78, 5) is 12.2. The van der Waals surface area contributed by atoms with E-state index in [1.165, 1.54) is 7.11 Å². The molecule has 1 saturated carbocycles. The van der Waals surface area contributed by atoms with Crippen LogP contribution < -0.4 is 4.74 Å². The second-order valence-electron chi connectivity index (χ2n) is 5.67. The molecule has 0 aliphatic heterocycles. The highest BCUT2D eigenvalue weighted by molar-refractivity contribution is 7.84. The molecule has 1 aromatic rings. The molecule has 0 saturated heterocycles. The van der Waals surface area contributed by atoms with Crippen molar-refractivity contribution in [2.75, 3.05) is 13.4 Å². The first-order valence-electron chi connectivity index (χ1n) is 7.43. The van der Waals surface area contributed by atoms with E-state index in [1.807, 2.05) is 0 Å². The van der Waals surface area contributed by atoms with Gasteiger partial charge in [-0.05, 0) is 25.0 Å². The molecule has 7 heteroatoms. The number of hydrogen-bond acceptors (Lipinski definition) is 3. The Morgan fingerprint density at radius 2 is 1.83 bits per heavy atom.